The number of nitrogens with zero attached hydrogens (tertiary/aromatic N) is 4. The second-order valence-corrected chi connectivity index (χ2v) is 7.92. The van der Waals surface area contributed by atoms with Crippen molar-refractivity contribution in [2.45, 2.75) is 26.4 Å². The fourth-order valence-corrected chi connectivity index (χ4v) is 3.40. The highest BCUT2D eigenvalue weighted by atomic mass is 19.4. The van der Waals surface area contributed by atoms with Crippen LogP contribution < -0.4 is 10.3 Å². The molecule has 0 radical (unpaired) electrons. The summed E-state index contributed by atoms with van der Waals surface area (Å²) in [6.07, 6.45) is -2.95. The summed E-state index contributed by atoms with van der Waals surface area (Å²) < 4.78 is 60.8. The molecule has 0 N–H and O–H groups in total. The lowest BCUT2D eigenvalue weighted by Gasteiger charge is -2.14. The van der Waals surface area contributed by atoms with Crippen molar-refractivity contribution < 1.29 is 22.3 Å². The quantitative estimate of drug-likeness (QED) is 0.355. The van der Waals surface area contributed by atoms with E-state index >= 15 is 0 Å². The summed E-state index contributed by atoms with van der Waals surface area (Å²) >= 11 is 0. The molecule has 4 aromatic rings. The predicted molar refractivity (Wildman–Crippen MR) is 121 cm³/mol. The third kappa shape index (κ3) is 5.06. The summed E-state index contributed by atoms with van der Waals surface area (Å²) in [4.78, 5) is 24.1. The highest BCUT2D eigenvalue weighted by Crippen LogP contribution is 2.33. The number of alkyl halides is 3. The number of benzene rings is 2. The minimum atomic E-state index is -4.78. The van der Waals surface area contributed by atoms with Gasteiger partial charge in [0.2, 0.25) is 11.7 Å². The number of aryl methyl sites for hydroxylation is 1. The van der Waals surface area contributed by atoms with Gasteiger partial charge in [0.1, 0.15) is 5.82 Å². The van der Waals surface area contributed by atoms with E-state index in [2.05, 4.69) is 15.0 Å². The van der Waals surface area contributed by atoms with E-state index in [9.17, 15) is 22.4 Å². The van der Waals surface area contributed by atoms with Crippen molar-refractivity contribution in [1.82, 2.24) is 19.5 Å². The van der Waals surface area contributed by atoms with Crippen molar-refractivity contribution in [3.05, 3.63) is 99.4 Å². The molecule has 0 fully saturated rings. The fourth-order valence-electron chi connectivity index (χ4n) is 3.40. The van der Waals surface area contributed by atoms with Crippen LogP contribution in [0.15, 0.2) is 59.5 Å². The molecule has 0 aliphatic rings. The molecule has 0 bridgehead atoms. The molecule has 2 aromatic carbocycles. The SMILES string of the molecule is Cc1nc(C(F)(F)F)nc(Oc2ccc(-c3cnc(Cc4ccccc4)n(C)c3=O)cc2F)c1C. The topological polar surface area (TPSA) is 69.9 Å². The van der Waals surface area contributed by atoms with Gasteiger partial charge in [-0.3, -0.25) is 9.36 Å². The highest BCUT2D eigenvalue weighted by Gasteiger charge is 2.36. The van der Waals surface area contributed by atoms with Gasteiger partial charge in [-0.25, -0.2) is 14.4 Å². The molecule has 180 valence electrons. The first-order valence-corrected chi connectivity index (χ1v) is 10.5. The van der Waals surface area contributed by atoms with Crippen LogP contribution in [-0.2, 0) is 19.6 Å². The van der Waals surface area contributed by atoms with Crippen molar-refractivity contribution in [3.63, 3.8) is 0 Å². The Bertz CT molecular complexity index is 1450. The van der Waals surface area contributed by atoms with Gasteiger partial charge in [-0.1, -0.05) is 36.4 Å². The molecule has 10 heteroatoms. The number of hydrogen-bond acceptors (Lipinski definition) is 5. The number of halogens is 4. The zero-order valence-electron chi connectivity index (χ0n) is 19.0. The molecule has 0 saturated heterocycles. The average Bonchev–Trinajstić information content (AvgIpc) is 2.81. The Morgan fingerprint density at radius 1 is 1.03 bits per heavy atom. The zero-order chi connectivity index (χ0) is 25.3. The Balaban J connectivity index is 1.64. The Labute approximate surface area is 197 Å². The Morgan fingerprint density at radius 2 is 1.74 bits per heavy atom. The van der Waals surface area contributed by atoms with Gasteiger partial charge in [0.05, 0.1) is 5.56 Å². The number of rotatable bonds is 5. The molecule has 6 nitrogen and oxygen atoms in total. The van der Waals surface area contributed by atoms with Crippen molar-refractivity contribution in [1.29, 1.82) is 0 Å². The van der Waals surface area contributed by atoms with Crippen LogP contribution >= 0.6 is 0 Å². The zero-order valence-corrected chi connectivity index (χ0v) is 19.0. The second-order valence-electron chi connectivity index (χ2n) is 7.92. The standard InChI is InChI=1S/C25H20F4N4O2/c1-14-15(2)31-24(25(27,28)29)32-22(14)35-20-10-9-17(12-19(20)26)18-13-30-21(33(3)23(18)34)11-16-7-5-4-6-8-16/h4-10,12-13H,11H2,1-3H3. The van der Waals surface area contributed by atoms with E-state index in [4.69, 9.17) is 4.74 Å². The largest absolute Gasteiger partial charge is 0.451 e. The van der Waals surface area contributed by atoms with E-state index in [0.717, 1.165) is 11.6 Å². The van der Waals surface area contributed by atoms with E-state index < -0.39 is 23.7 Å². The van der Waals surface area contributed by atoms with Crippen LogP contribution in [0.3, 0.4) is 0 Å². The van der Waals surface area contributed by atoms with Crippen LogP contribution in [0, 0.1) is 19.7 Å². The van der Waals surface area contributed by atoms with Crippen molar-refractivity contribution in [2.75, 3.05) is 0 Å². The molecule has 0 spiro atoms. The molecule has 35 heavy (non-hydrogen) atoms. The molecule has 4 rings (SSSR count). The molecule has 0 atom stereocenters. The summed E-state index contributed by atoms with van der Waals surface area (Å²) in [6, 6.07) is 13.3. The van der Waals surface area contributed by atoms with E-state index in [1.807, 2.05) is 30.3 Å². The van der Waals surface area contributed by atoms with Crippen LogP contribution in [0.4, 0.5) is 17.6 Å². The first-order valence-electron chi connectivity index (χ1n) is 10.5. The van der Waals surface area contributed by atoms with Crippen molar-refractivity contribution in [3.8, 4) is 22.8 Å². The maximum Gasteiger partial charge on any atom is 0.451 e. The van der Waals surface area contributed by atoms with Crippen LogP contribution in [-0.4, -0.2) is 19.5 Å². The number of aromatic nitrogens is 4. The first kappa shape index (κ1) is 24.1. The number of ether oxygens (including phenoxy) is 1. The van der Waals surface area contributed by atoms with Crippen LogP contribution in [0.5, 0.6) is 11.6 Å². The van der Waals surface area contributed by atoms with Gasteiger partial charge >= 0.3 is 6.18 Å². The van der Waals surface area contributed by atoms with Crippen LogP contribution in [0.25, 0.3) is 11.1 Å². The molecule has 0 aliphatic heterocycles. The minimum Gasteiger partial charge on any atom is -0.436 e. The fraction of sp³-hybridized carbons (Fsp3) is 0.200. The van der Waals surface area contributed by atoms with E-state index in [0.29, 0.717) is 12.2 Å². The van der Waals surface area contributed by atoms with Gasteiger partial charge in [-0.05, 0) is 37.1 Å². The van der Waals surface area contributed by atoms with Gasteiger partial charge in [-0.2, -0.15) is 18.2 Å². The van der Waals surface area contributed by atoms with Crippen LogP contribution in [0.1, 0.15) is 28.5 Å². The van der Waals surface area contributed by atoms with Gasteiger partial charge in [0.25, 0.3) is 5.56 Å². The molecular formula is C25H20F4N4O2. The molecule has 0 aliphatic carbocycles. The molecule has 0 amide bonds. The molecule has 0 saturated carbocycles. The molecule has 0 unspecified atom stereocenters. The van der Waals surface area contributed by atoms with Gasteiger partial charge < -0.3 is 4.74 Å². The number of hydrogen-bond donors (Lipinski definition) is 0. The smallest absolute Gasteiger partial charge is 0.436 e. The highest BCUT2D eigenvalue weighted by molar-refractivity contribution is 5.63. The predicted octanol–water partition coefficient (Wildman–Crippen LogP) is 5.40. The van der Waals surface area contributed by atoms with Crippen molar-refractivity contribution >= 4 is 0 Å². The Hall–Kier alpha value is -4.08. The van der Waals surface area contributed by atoms with E-state index in [1.54, 1.807) is 7.05 Å². The van der Waals surface area contributed by atoms with Crippen molar-refractivity contribution in [2.24, 2.45) is 7.05 Å². The first-order chi connectivity index (χ1) is 16.5. The molecule has 2 heterocycles. The maximum absolute atomic E-state index is 14.9. The Morgan fingerprint density at radius 3 is 2.40 bits per heavy atom. The van der Waals surface area contributed by atoms with E-state index in [-0.39, 0.29) is 33.7 Å². The second kappa shape index (κ2) is 9.28. The van der Waals surface area contributed by atoms with Gasteiger partial charge in [-0.15, -0.1) is 0 Å². The lowest BCUT2D eigenvalue weighted by Crippen LogP contribution is -2.23. The monoisotopic (exact) mass is 484 g/mol. The molecule has 2 aromatic heterocycles. The van der Waals surface area contributed by atoms with E-state index in [1.165, 1.54) is 36.7 Å². The minimum absolute atomic E-state index is 0.0597. The van der Waals surface area contributed by atoms with Gasteiger partial charge in [0.15, 0.2) is 11.6 Å². The Kier molecular flexibility index (Phi) is 6.38. The summed E-state index contributed by atoms with van der Waals surface area (Å²) in [5, 5.41) is 0. The summed E-state index contributed by atoms with van der Waals surface area (Å²) in [6.45, 7) is 2.85. The van der Waals surface area contributed by atoms with Gasteiger partial charge in [0, 0.05) is 30.9 Å². The normalized spacial score (nSPS) is 11.5. The third-order valence-corrected chi connectivity index (χ3v) is 5.52. The average molecular weight is 484 g/mol. The summed E-state index contributed by atoms with van der Waals surface area (Å²) in [7, 11) is 1.59. The maximum atomic E-state index is 14.9. The lowest BCUT2D eigenvalue weighted by atomic mass is 10.1. The van der Waals surface area contributed by atoms with Crippen LogP contribution in [0.2, 0.25) is 0 Å². The lowest BCUT2D eigenvalue weighted by molar-refractivity contribution is -0.145. The molecular weight excluding hydrogens is 464 g/mol. The summed E-state index contributed by atoms with van der Waals surface area (Å²) in [5.74, 6) is -2.45. The third-order valence-electron chi connectivity index (χ3n) is 5.52. The summed E-state index contributed by atoms with van der Waals surface area (Å²) in [5.41, 5.74) is 1.34.